The molecule has 1 aliphatic heterocycles. The summed E-state index contributed by atoms with van der Waals surface area (Å²) < 4.78 is 0. The van der Waals surface area contributed by atoms with Gasteiger partial charge < -0.3 is 0 Å². The minimum Gasteiger partial charge on any atom is -0.184 e. The van der Waals surface area contributed by atoms with Crippen LogP contribution in [-0.2, 0) is 27.3 Å². The van der Waals surface area contributed by atoms with E-state index in [0.717, 1.165) is 15.9 Å². The van der Waals surface area contributed by atoms with E-state index in [4.69, 9.17) is 17.0 Å². The third-order valence-electron chi connectivity index (χ3n) is 7.76. The zero-order valence-corrected chi connectivity index (χ0v) is 29.8. The van der Waals surface area contributed by atoms with Gasteiger partial charge in [0.2, 0.25) is 0 Å². The number of fused-ring (bicyclic) bond motifs is 4. The van der Waals surface area contributed by atoms with Crippen LogP contribution in [0, 0.1) is 6.07 Å². The normalized spacial score (nSPS) is 11.1. The number of rotatable bonds is 5. The van der Waals surface area contributed by atoms with Crippen LogP contribution < -0.4 is 10.4 Å². The molecule has 2 radical (unpaired) electrons. The Morgan fingerprint density at radius 1 is 0.767 bits per heavy atom. The van der Waals surface area contributed by atoms with Crippen LogP contribution in [0.5, 0.6) is 0 Å². The molecule has 1 aliphatic rings. The Morgan fingerprint density at radius 3 is 2.19 bits per heavy atom. The summed E-state index contributed by atoms with van der Waals surface area (Å²) in [5.74, 6) is 0.491. The average molecular weight is 693 g/mol. The van der Waals surface area contributed by atoms with Crippen LogP contribution in [-0.4, -0.2) is 9.52 Å². The fraction of sp³-hybridized carbons (Fsp3) is 0.154. The van der Waals surface area contributed by atoms with Crippen molar-refractivity contribution in [2.75, 3.05) is 0 Å². The SMILES string of the molecule is CCCc1cc2c(-c3ccccc3C(C)C)c(-c3ccccc3)ccc2[cH-]1.[Cl][Zr+2][Cl].[c-]1cccc2c1[Si]c1ccccc1-2. The molecule has 0 unspecified atom stereocenters. The van der Waals surface area contributed by atoms with Gasteiger partial charge in [0.1, 0.15) is 0 Å². The van der Waals surface area contributed by atoms with Crippen molar-refractivity contribution in [1.82, 2.24) is 0 Å². The second-order valence-corrected chi connectivity index (χ2v) is 15.9. The number of hydrogen-bond acceptors (Lipinski definition) is 0. The monoisotopic (exact) mass is 690 g/mol. The van der Waals surface area contributed by atoms with Gasteiger partial charge in [-0.25, -0.2) is 0 Å². The smallest absolute Gasteiger partial charge is 0.0920 e. The Morgan fingerprint density at radius 2 is 1.44 bits per heavy atom. The fourth-order valence-electron chi connectivity index (χ4n) is 5.88. The molecule has 212 valence electrons. The van der Waals surface area contributed by atoms with Crippen molar-refractivity contribution in [2.24, 2.45) is 0 Å². The molecule has 6 aromatic rings. The molecule has 0 aromatic heterocycles. The molecule has 0 amide bonds. The topological polar surface area (TPSA) is 0 Å². The Balaban J connectivity index is 0.000000190. The minimum atomic E-state index is -0.826. The summed E-state index contributed by atoms with van der Waals surface area (Å²) >= 11 is -0.826. The Kier molecular flexibility index (Phi) is 11.4. The van der Waals surface area contributed by atoms with Gasteiger partial charge >= 0.3 is 37.9 Å². The van der Waals surface area contributed by atoms with Gasteiger partial charge in [0.15, 0.2) is 0 Å². The molecule has 0 atom stereocenters. The van der Waals surface area contributed by atoms with Crippen LogP contribution >= 0.6 is 17.0 Å². The summed E-state index contributed by atoms with van der Waals surface area (Å²) in [4.78, 5) is 0. The maximum atomic E-state index is 4.93. The second-order valence-electron chi connectivity index (χ2n) is 10.9. The Labute approximate surface area is 278 Å². The molecular formula is C39H34Cl2SiZr. The van der Waals surface area contributed by atoms with Crippen LogP contribution in [0.4, 0.5) is 0 Å². The van der Waals surface area contributed by atoms with E-state index in [-0.39, 0.29) is 0 Å². The van der Waals surface area contributed by atoms with Crippen molar-refractivity contribution in [2.45, 2.75) is 39.5 Å². The molecule has 0 nitrogen and oxygen atoms in total. The quantitative estimate of drug-likeness (QED) is 0.124. The van der Waals surface area contributed by atoms with Gasteiger partial charge in [0, 0.05) is 0 Å². The number of benzene rings is 5. The van der Waals surface area contributed by atoms with Crippen molar-refractivity contribution in [3.63, 3.8) is 0 Å². The van der Waals surface area contributed by atoms with E-state index >= 15 is 0 Å². The molecule has 6 aromatic carbocycles. The number of halogens is 2. The molecular weight excluding hydrogens is 659 g/mol. The van der Waals surface area contributed by atoms with E-state index in [0.29, 0.717) is 5.92 Å². The second kappa shape index (κ2) is 15.4. The first kappa shape index (κ1) is 31.8. The third kappa shape index (κ3) is 7.38. The van der Waals surface area contributed by atoms with Crippen molar-refractivity contribution in [3.8, 4) is 33.4 Å². The first-order valence-corrected chi connectivity index (χ1v) is 22.1. The largest absolute Gasteiger partial charge is 0.184 e. The summed E-state index contributed by atoms with van der Waals surface area (Å²) in [5, 5.41) is 5.56. The fourth-order valence-corrected chi connectivity index (χ4v) is 7.19. The van der Waals surface area contributed by atoms with Crippen molar-refractivity contribution >= 4 is 47.7 Å². The standard InChI is InChI=1S/C27H27.C12H7Si.2ClH.Zr/c1-4-10-20-17-22-15-16-24(21-11-6-5-7-12-21)27(26(22)18-20)25-14-9-8-13-23(25)19(2)3;1-3-7-11-9(5-1)10-6-2-4-8-12(10)13-11;;;/h5-9,11-19H,4,10H2,1-3H3;1-7H;2*1H;/q2*-1;;;+4/p-2. The van der Waals surface area contributed by atoms with E-state index in [1.807, 2.05) is 6.07 Å². The molecule has 4 heteroatoms. The first-order chi connectivity index (χ1) is 21.0. The summed E-state index contributed by atoms with van der Waals surface area (Å²) in [6.07, 6.45) is 2.32. The predicted octanol–water partition coefficient (Wildman–Crippen LogP) is 10.5. The van der Waals surface area contributed by atoms with E-state index < -0.39 is 20.8 Å². The summed E-state index contributed by atoms with van der Waals surface area (Å²) in [5.41, 5.74) is 11.0. The van der Waals surface area contributed by atoms with Crippen molar-refractivity contribution in [3.05, 3.63) is 139 Å². The van der Waals surface area contributed by atoms with Crippen LogP contribution in [0.25, 0.3) is 44.2 Å². The molecule has 7 rings (SSSR count). The number of hydrogen-bond donors (Lipinski definition) is 0. The van der Waals surface area contributed by atoms with Crippen molar-refractivity contribution in [1.29, 1.82) is 0 Å². The van der Waals surface area contributed by atoms with Gasteiger partial charge in [-0.15, -0.1) is 34.0 Å². The van der Waals surface area contributed by atoms with Crippen LogP contribution in [0.3, 0.4) is 0 Å². The summed E-state index contributed by atoms with van der Waals surface area (Å²) in [6, 6.07) is 47.2. The minimum absolute atomic E-state index is 0.491. The van der Waals surface area contributed by atoms with Gasteiger partial charge in [0.05, 0.1) is 9.52 Å². The van der Waals surface area contributed by atoms with Crippen LogP contribution in [0.1, 0.15) is 44.2 Å². The average Bonchev–Trinajstić information content (AvgIpc) is 3.63. The van der Waals surface area contributed by atoms with Crippen molar-refractivity contribution < 1.29 is 20.8 Å². The molecule has 0 fully saturated rings. The molecule has 43 heavy (non-hydrogen) atoms. The van der Waals surface area contributed by atoms with Gasteiger partial charge in [-0.05, 0) is 34.6 Å². The number of aryl methyl sites for hydroxylation is 1. The molecule has 0 spiro atoms. The molecule has 0 bridgehead atoms. The first-order valence-electron chi connectivity index (χ1n) is 14.8. The molecule has 1 heterocycles. The Bertz CT molecular complexity index is 1750. The van der Waals surface area contributed by atoms with E-state index in [1.54, 1.807) is 0 Å². The van der Waals surface area contributed by atoms with E-state index in [9.17, 15) is 0 Å². The zero-order chi connectivity index (χ0) is 30.2. The van der Waals surface area contributed by atoms with Gasteiger partial charge in [0.25, 0.3) is 0 Å². The Hall–Kier alpha value is -2.61. The summed E-state index contributed by atoms with van der Waals surface area (Å²) in [6.45, 7) is 6.82. The maximum absolute atomic E-state index is 4.93. The summed E-state index contributed by atoms with van der Waals surface area (Å²) in [7, 11) is 10.7. The third-order valence-corrected chi connectivity index (χ3v) is 9.13. The van der Waals surface area contributed by atoms with E-state index in [2.05, 4.69) is 142 Å². The molecule has 0 saturated carbocycles. The van der Waals surface area contributed by atoms with Gasteiger partial charge in [-0.3, -0.25) is 0 Å². The van der Waals surface area contributed by atoms with Crippen LogP contribution in [0.2, 0.25) is 0 Å². The molecule has 0 aliphatic carbocycles. The molecule has 0 saturated heterocycles. The molecule has 0 N–H and O–H groups in total. The van der Waals surface area contributed by atoms with Gasteiger partial charge in [-0.1, -0.05) is 128 Å². The van der Waals surface area contributed by atoms with Crippen LogP contribution in [0.15, 0.2) is 121 Å². The van der Waals surface area contributed by atoms with Gasteiger partial charge in [-0.2, -0.15) is 35.5 Å². The maximum Gasteiger partial charge on any atom is 0.0920 e. The zero-order valence-electron chi connectivity index (χ0n) is 24.8. The van der Waals surface area contributed by atoms with E-state index in [1.165, 1.54) is 72.1 Å². The predicted molar refractivity (Wildman–Crippen MR) is 186 cm³/mol.